The molecule has 1 aliphatic rings. The quantitative estimate of drug-likeness (QED) is 0.518. The largest absolute Gasteiger partial charge is 0.380 e. The SMILES string of the molecule is Nc1noc2c(N3CC[C@@H](NC(=O)c4ccc(-n5cnnc5)cc4Cl)C3)cccc12. The van der Waals surface area contributed by atoms with Crippen LogP contribution in [0.5, 0.6) is 0 Å². The minimum atomic E-state index is -0.204. The number of rotatable bonds is 4. The van der Waals surface area contributed by atoms with Gasteiger partial charge in [-0.1, -0.05) is 22.8 Å². The molecular weight excluding hydrogens is 406 g/mol. The first kappa shape index (κ1) is 18.4. The predicted molar refractivity (Wildman–Crippen MR) is 113 cm³/mol. The van der Waals surface area contributed by atoms with E-state index in [-0.39, 0.29) is 11.9 Å². The Bertz CT molecular complexity index is 1220. The molecule has 0 saturated carbocycles. The van der Waals surface area contributed by atoms with Crippen LogP contribution in [0.3, 0.4) is 0 Å². The van der Waals surface area contributed by atoms with Gasteiger partial charge in [-0.05, 0) is 36.8 Å². The molecule has 0 aliphatic carbocycles. The zero-order valence-electron chi connectivity index (χ0n) is 15.8. The van der Waals surface area contributed by atoms with Crippen molar-refractivity contribution in [3.8, 4) is 5.69 Å². The fourth-order valence-electron chi connectivity index (χ4n) is 3.76. The highest BCUT2D eigenvalue weighted by atomic mass is 35.5. The topological polar surface area (TPSA) is 115 Å². The number of anilines is 2. The zero-order chi connectivity index (χ0) is 20.7. The van der Waals surface area contributed by atoms with Gasteiger partial charge in [-0.2, -0.15) is 0 Å². The molecule has 1 aliphatic heterocycles. The van der Waals surface area contributed by atoms with Gasteiger partial charge in [0.05, 0.1) is 21.7 Å². The molecule has 1 atom stereocenters. The summed E-state index contributed by atoms with van der Waals surface area (Å²) in [5, 5.41) is 15.6. The van der Waals surface area contributed by atoms with Gasteiger partial charge in [-0.25, -0.2) is 0 Å². The van der Waals surface area contributed by atoms with Crippen molar-refractivity contribution in [2.24, 2.45) is 0 Å². The molecule has 2 aromatic carbocycles. The van der Waals surface area contributed by atoms with Gasteiger partial charge in [-0.3, -0.25) is 9.36 Å². The Labute approximate surface area is 176 Å². The van der Waals surface area contributed by atoms with E-state index in [4.69, 9.17) is 21.9 Å². The molecule has 4 aromatic rings. The summed E-state index contributed by atoms with van der Waals surface area (Å²) >= 11 is 6.36. The lowest BCUT2D eigenvalue weighted by Gasteiger charge is -2.19. The number of fused-ring (bicyclic) bond motifs is 1. The molecule has 0 unspecified atom stereocenters. The van der Waals surface area contributed by atoms with Crippen molar-refractivity contribution < 1.29 is 9.32 Å². The first-order chi connectivity index (χ1) is 14.6. The number of benzene rings is 2. The first-order valence-electron chi connectivity index (χ1n) is 9.44. The van der Waals surface area contributed by atoms with Crippen LogP contribution >= 0.6 is 11.6 Å². The highest BCUT2D eigenvalue weighted by molar-refractivity contribution is 6.34. The summed E-state index contributed by atoms with van der Waals surface area (Å²) in [6.45, 7) is 1.44. The van der Waals surface area contributed by atoms with Crippen LogP contribution in [0.1, 0.15) is 16.8 Å². The number of carbonyl (C=O) groups is 1. The number of nitrogens with two attached hydrogens (primary N) is 1. The minimum Gasteiger partial charge on any atom is -0.380 e. The Balaban J connectivity index is 1.29. The van der Waals surface area contributed by atoms with Gasteiger partial charge in [-0.15, -0.1) is 10.2 Å². The van der Waals surface area contributed by atoms with Gasteiger partial charge in [0.1, 0.15) is 12.7 Å². The third-order valence-corrected chi connectivity index (χ3v) is 5.60. The number of nitrogen functional groups attached to an aromatic ring is 1. The van der Waals surface area contributed by atoms with Crippen LogP contribution in [-0.4, -0.2) is 45.0 Å². The fraction of sp³-hybridized carbons (Fsp3) is 0.200. The molecular formula is C20H18ClN7O2. The van der Waals surface area contributed by atoms with E-state index in [1.807, 2.05) is 18.2 Å². The van der Waals surface area contributed by atoms with E-state index in [0.717, 1.165) is 29.7 Å². The fourth-order valence-corrected chi connectivity index (χ4v) is 4.02. The lowest BCUT2D eigenvalue weighted by atomic mass is 10.1. The van der Waals surface area contributed by atoms with E-state index in [1.54, 1.807) is 35.4 Å². The van der Waals surface area contributed by atoms with Crippen LogP contribution in [0, 0.1) is 0 Å². The van der Waals surface area contributed by atoms with E-state index in [2.05, 4.69) is 25.6 Å². The van der Waals surface area contributed by atoms with Crippen molar-refractivity contribution in [3.63, 3.8) is 0 Å². The second-order valence-electron chi connectivity index (χ2n) is 7.16. The van der Waals surface area contributed by atoms with E-state index in [9.17, 15) is 4.79 Å². The zero-order valence-corrected chi connectivity index (χ0v) is 16.6. The van der Waals surface area contributed by atoms with Gasteiger partial charge >= 0.3 is 0 Å². The highest BCUT2D eigenvalue weighted by Crippen LogP contribution is 2.32. The van der Waals surface area contributed by atoms with Crippen molar-refractivity contribution in [1.82, 2.24) is 25.2 Å². The molecule has 30 heavy (non-hydrogen) atoms. The Morgan fingerprint density at radius 2 is 2.07 bits per heavy atom. The molecule has 0 bridgehead atoms. The van der Waals surface area contributed by atoms with Crippen LogP contribution < -0.4 is 16.0 Å². The summed E-state index contributed by atoms with van der Waals surface area (Å²) in [4.78, 5) is 14.9. The van der Waals surface area contributed by atoms with Crippen LogP contribution in [0.4, 0.5) is 11.5 Å². The van der Waals surface area contributed by atoms with Gasteiger partial charge in [0.25, 0.3) is 5.91 Å². The monoisotopic (exact) mass is 423 g/mol. The van der Waals surface area contributed by atoms with Crippen LogP contribution in [0.2, 0.25) is 5.02 Å². The Kier molecular flexibility index (Phi) is 4.51. The number of carbonyl (C=O) groups excluding carboxylic acids is 1. The summed E-state index contributed by atoms with van der Waals surface area (Å²) < 4.78 is 7.12. The molecule has 9 nitrogen and oxygen atoms in total. The third kappa shape index (κ3) is 3.22. The smallest absolute Gasteiger partial charge is 0.253 e. The molecule has 5 rings (SSSR count). The predicted octanol–water partition coefficient (Wildman–Crippen LogP) is 2.65. The van der Waals surface area contributed by atoms with Gasteiger partial charge < -0.3 is 20.5 Å². The summed E-state index contributed by atoms with van der Waals surface area (Å²) in [5.41, 5.74) is 8.65. The van der Waals surface area contributed by atoms with Crippen molar-refractivity contribution in [2.45, 2.75) is 12.5 Å². The van der Waals surface area contributed by atoms with Crippen molar-refractivity contribution in [3.05, 3.63) is 59.6 Å². The lowest BCUT2D eigenvalue weighted by Crippen LogP contribution is -2.37. The number of nitrogens with one attached hydrogen (secondary N) is 1. The van der Waals surface area contributed by atoms with Crippen molar-refractivity contribution in [1.29, 1.82) is 0 Å². The van der Waals surface area contributed by atoms with Crippen LogP contribution in [0.15, 0.2) is 53.6 Å². The molecule has 152 valence electrons. The first-order valence-corrected chi connectivity index (χ1v) is 9.82. The normalized spacial score (nSPS) is 16.3. The Morgan fingerprint density at radius 3 is 2.87 bits per heavy atom. The second-order valence-corrected chi connectivity index (χ2v) is 7.57. The number of halogens is 1. The maximum absolute atomic E-state index is 12.8. The number of aromatic nitrogens is 4. The average Bonchev–Trinajstić information content (AvgIpc) is 3.49. The molecule has 0 spiro atoms. The van der Waals surface area contributed by atoms with Crippen LogP contribution in [0.25, 0.3) is 16.7 Å². The number of hydrogen-bond acceptors (Lipinski definition) is 7. The van der Waals surface area contributed by atoms with Gasteiger partial charge in [0, 0.05) is 24.8 Å². The summed E-state index contributed by atoms with van der Waals surface area (Å²) in [6, 6.07) is 11.0. The van der Waals surface area contributed by atoms with Crippen molar-refractivity contribution in [2.75, 3.05) is 23.7 Å². The number of hydrogen-bond donors (Lipinski definition) is 2. The summed E-state index contributed by atoms with van der Waals surface area (Å²) in [6.07, 6.45) is 3.95. The Hall–Kier alpha value is -3.59. The van der Waals surface area contributed by atoms with Crippen LogP contribution in [-0.2, 0) is 0 Å². The van der Waals surface area contributed by atoms with Gasteiger partial charge in [0.2, 0.25) is 0 Å². The van der Waals surface area contributed by atoms with Crippen molar-refractivity contribution >= 4 is 40.0 Å². The minimum absolute atomic E-state index is 0.0124. The van der Waals surface area contributed by atoms with E-state index in [1.165, 1.54) is 0 Å². The summed E-state index contributed by atoms with van der Waals surface area (Å²) in [5.74, 6) is 0.171. The number of amides is 1. The van der Waals surface area contributed by atoms with Gasteiger partial charge in [0.15, 0.2) is 11.4 Å². The molecule has 3 heterocycles. The number of nitrogens with zero attached hydrogens (tertiary/aromatic N) is 5. The maximum atomic E-state index is 12.8. The van der Waals surface area contributed by atoms with E-state index < -0.39 is 0 Å². The lowest BCUT2D eigenvalue weighted by molar-refractivity contribution is 0.0940. The number of para-hydroxylation sites is 1. The molecule has 3 N–H and O–H groups in total. The third-order valence-electron chi connectivity index (χ3n) is 5.28. The second kappa shape index (κ2) is 7.34. The Morgan fingerprint density at radius 1 is 1.23 bits per heavy atom. The average molecular weight is 424 g/mol. The maximum Gasteiger partial charge on any atom is 0.253 e. The molecule has 2 aromatic heterocycles. The highest BCUT2D eigenvalue weighted by Gasteiger charge is 2.27. The molecule has 1 amide bonds. The van der Waals surface area contributed by atoms with E-state index in [0.29, 0.717) is 28.5 Å². The molecule has 1 saturated heterocycles. The molecule has 0 radical (unpaired) electrons. The molecule has 1 fully saturated rings. The standard InChI is InChI=1S/C20H18ClN7O2/c21-16-8-13(28-10-23-24-11-28)4-5-14(16)20(29)25-12-6-7-27(9-12)17-3-1-2-15-18(17)30-26-19(15)22/h1-5,8,10-12H,6-7,9H2,(H2,22,26)(H,25,29)/t12-/m1/s1. The summed E-state index contributed by atoms with van der Waals surface area (Å²) in [7, 11) is 0. The molecule has 10 heteroatoms. The van der Waals surface area contributed by atoms with E-state index >= 15 is 0 Å².